The van der Waals surface area contributed by atoms with Gasteiger partial charge in [0.1, 0.15) is 18.0 Å². The van der Waals surface area contributed by atoms with Gasteiger partial charge in [-0.2, -0.15) is 0 Å². The van der Waals surface area contributed by atoms with E-state index in [0.29, 0.717) is 11.9 Å². The second-order valence-corrected chi connectivity index (χ2v) is 4.08. The van der Waals surface area contributed by atoms with Gasteiger partial charge in [0.15, 0.2) is 0 Å². The first kappa shape index (κ1) is 11.1. The zero-order chi connectivity index (χ0) is 11.4. The lowest BCUT2D eigenvalue weighted by Gasteiger charge is -2.12. The van der Waals surface area contributed by atoms with Crippen molar-refractivity contribution in [3.63, 3.8) is 0 Å². The number of hydrogen-bond acceptors (Lipinski definition) is 5. The zero-order valence-electron chi connectivity index (χ0n) is 9.57. The molecule has 5 heteroatoms. The van der Waals surface area contributed by atoms with Gasteiger partial charge in [0.2, 0.25) is 0 Å². The van der Waals surface area contributed by atoms with Gasteiger partial charge in [0.25, 0.3) is 0 Å². The maximum atomic E-state index is 5.70. The normalized spacial score (nSPS) is 19.9. The molecule has 1 aliphatic heterocycles. The Morgan fingerprint density at radius 1 is 1.56 bits per heavy atom. The summed E-state index contributed by atoms with van der Waals surface area (Å²) in [6.45, 7) is 3.69. The van der Waals surface area contributed by atoms with Crippen molar-refractivity contribution in [1.82, 2.24) is 9.97 Å². The lowest BCUT2D eigenvalue weighted by molar-refractivity contribution is 0.107. The summed E-state index contributed by atoms with van der Waals surface area (Å²) in [5, 5.41) is 3.27. The standard InChI is InChI=1S/C11H18N4O/c1-8-10(12)14-7-15-11(8)13-5-4-9-3-2-6-16-9/h7,9H,2-6H2,1H3,(H3,12,13,14,15). The Labute approximate surface area is 95.4 Å². The Hall–Kier alpha value is -1.36. The molecule has 0 bridgehead atoms. The Bertz CT molecular complexity index is 350. The van der Waals surface area contributed by atoms with Gasteiger partial charge in [-0.15, -0.1) is 0 Å². The average molecular weight is 222 g/mol. The smallest absolute Gasteiger partial charge is 0.134 e. The summed E-state index contributed by atoms with van der Waals surface area (Å²) in [5.74, 6) is 1.36. The van der Waals surface area contributed by atoms with Gasteiger partial charge < -0.3 is 15.8 Å². The third-order valence-electron chi connectivity index (χ3n) is 2.91. The minimum atomic E-state index is 0.409. The summed E-state index contributed by atoms with van der Waals surface area (Å²) in [5.41, 5.74) is 6.61. The molecular weight excluding hydrogens is 204 g/mol. The molecule has 1 aromatic rings. The zero-order valence-corrected chi connectivity index (χ0v) is 9.57. The maximum absolute atomic E-state index is 5.70. The van der Waals surface area contributed by atoms with E-state index in [-0.39, 0.29) is 0 Å². The molecule has 1 atom stereocenters. The lowest BCUT2D eigenvalue weighted by Crippen LogP contribution is -2.14. The van der Waals surface area contributed by atoms with Gasteiger partial charge in [-0.1, -0.05) is 0 Å². The van der Waals surface area contributed by atoms with Crippen LogP contribution in [-0.4, -0.2) is 29.2 Å². The van der Waals surface area contributed by atoms with E-state index in [4.69, 9.17) is 10.5 Å². The van der Waals surface area contributed by atoms with Gasteiger partial charge in [-0.05, 0) is 26.2 Å². The molecule has 1 fully saturated rings. The van der Waals surface area contributed by atoms with Crippen molar-refractivity contribution in [3.05, 3.63) is 11.9 Å². The quantitative estimate of drug-likeness (QED) is 0.804. The second kappa shape index (κ2) is 5.12. The van der Waals surface area contributed by atoms with E-state index in [9.17, 15) is 0 Å². The molecule has 0 aliphatic carbocycles. The molecule has 0 amide bonds. The van der Waals surface area contributed by atoms with Crippen LogP contribution < -0.4 is 11.1 Å². The summed E-state index contributed by atoms with van der Waals surface area (Å²) >= 11 is 0. The lowest BCUT2D eigenvalue weighted by atomic mass is 10.2. The molecular formula is C11H18N4O. The topological polar surface area (TPSA) is 73.1 Å². The van der Waals surface area contributed by atoms with E-state index in [0.717, 1.165) is 31.0 Å². The molecule has 0 spiro atoms. The first-order valence-corrected chi connectivity index (χ1v) is 5.70. The summed E-state index contributed by atoms with van der Waals surface area (Å²) in [6, 6.07) is 0. The predicted octanol–water partition coefficient (Wildman–Crippen LogP) is 1.35. The molecule has 1 aromatic heterocycles. The SMILES string of the molecule is Cc1c(N)ncnc1NCCC1CCCO1. The van der Waals surface area contributed by atoms with Crippen LogP contribution >= 0.6 is 0 Å². The van der Waals surface area contributed by atoms with E-state index >= 15 is 0 Å². The number of aromatic nitrogens is 2. The van der Waals surface area contributed by atoms with Crippen LogP contribution in [0.4, 0.5) is 11.6 Å². The van der Waals surface area contributed by atoms with Crippen LogP contribution in [0.5, 0.6) is 0 Å². The molecule has 1 unspecified atom stereocenters. The number of hydrogen-bond donors (Lipinski definition) is 2. The molecule has 1 aliphatic rings. The van der Waals surface area contributed by atoms with Crippen LogP contribution in [0.15, 0.2) is 6.33 Å². The fraction of sp³-hybridized carbons (Fsp3) is 0.636. The Morgan fingerprint density at radius 3 is 3.19 bits per heavy atom. The van der Waals surface area contributed by atoms with Gasteiger partial charge in [0, 0.05) is 18.7 Å². The highest BCUT2D eigenvalue weighted by Crippen LogP contribution is 2.17. The summed E-state index contributed by atoms with van der Waals surface area (Å²) in [6.07, 6.45) is 5.27. The van der Waals surface area contributed by atoms with Crippen molar-refractivity contribution in [2.45, 2.75) is 32.3 Å². The van der Waals surface area contributed by atoms with Crippen LogP contribution in [0.3, 0.4) is 0 Å². The first-order chi connectivity index (χ1) is 7.77. The fourth-order valence-electron chi connectivity index (χ4n) is 1.87. The molecule has 5 nitrogen and oxygen atoms in total. The first-order valence-electron chi connectivity index (χ1n) is 5.70. The minimum Gasteiger partial charge on any atom is -0.383 e. The number of anilines is 2. The highest BCUT2D eigenvalue weighted by atomic mass is 16.5. The number of nitrogens with two attached hydrogens (primary N) is 1. The van der Waals surface area contributed by atoms with E-state index in [1.165, 1.54) is 19.2 Å². The predicted molar refractivity (Wildman–Crippen MR) is 63.3 cm³/mol. The second-order valence-electron chi connectivity index (χ2n) is 4.08. The van der Waals surface area contributed by atoms with Gasteiger partial charge in [-0.25, -0.2) is 9.97 Å². The number of rotatable bonds is 4. The fourth-order valence-corrected chi connectivity index (χ4v) is 1.87. The molecule has 0 radical (unpaired) electrons. The number of nitrogen functional groups attached to an aromatic ring is 1. The molecule has 88 valence electrons. The van der Waals surface area contributed by atoms with E-state index < -0.39 is 0 Å². The molecule has 0 aromatic carbocycles. The third-order valence-corrected chi connectivity index (χ3v) is 2.91. The van der Waals surface area contributed by atoms with Gasteiger partial charge in [-0.3, -0.25) is 0 Å². The molecule has 3 N–H and O–H groups in total. The van der Waals surface area contributed by atoms with E-state index in [2.05, 4.69) is 15.3 Å². The van der Waals surface area contributed by atoms with Crippen molar-refractivity contribution < 1.29 is 4.74 Å². The molecule has 2 heterocycles. The molecule has 0 saturated carbocycles. The van der Waals surface area contributed by atoms with Crippen molar-refractivity contribution in [2.75, 3.05) is 24.2 Å². The van der Waals surface area contributed by atoms with Crippen molar-refractivity contribution in [2.24, 2.45) is 0 Å². The largest absolute Gasteiger partial charge is 0.383 e. The third kappa shape index (κ3) is 2.61. The van der Waals surface area contributed by atoms with E-state index in [1.807, 2.05) is 6.92 Å². The molecule has 16 heavy (non-hydrogen) atoms. The Morgan fingerprint density at radius 2 is 2.44 bits per heavy atom. The van der Waals surface area contributed by atoms with Crippen molar-refractivity contribution >= 4 is 11.6 Å². The highest BCUT2D eigenvalue weighted by molar-refractivity contribution is 5.53. The van der Waals surface area contributed by atoms with E-state index in [1.54, 1.807) is 0 Å². The highest BCUT2D eigenvalue weighted by Gasteiger charge is 2.14. The Kier molecular flexibility index (Phi) is 3.56. The van der Waals surface area contributed by atoms with Gasteiger partial charge >= 0.3 is 0 Å². The van der Waals surface area contributed by atoms with Crippen molar-refractivity contribution in [3.8, 4) is 0 Å². The van der Waals surface area contributed by atoms with Crippen molar-refractivity contribution in [1.29, 1.82) is 0 Å². The monoisotopic (exact) mass is 222 g/mol. The number of nitrogens with one attached hydrogen (secondary N) is 1. The Balaban J connectivity index is 1.82. The van der Waals surface area contributed by atoms with Crippen LogP contribution in [0.1, 0.15) is 24.8 Å². The maximum Gasteiger partial charge on any atom is 0.134 e. The summed E-state index contributed by atoms with van der Waals surface area (Å²) in [4.78, 5) is 8.09. The van der Waals surface area contributed by atoms with Gasteiger partial charge in [0.05, 0.1) is 6.10 Å². The number of ether oxygens (including phenoxy) is 1. The average Bonchev–Trinajstić information content (AvgIpc) is 2.77. The van der Waals surface area contributed by atoms with Crippen LogP contribution in [0.2, 0.25) is 0 Å². The molecule has 1 saturated heterocycles. The summed E-state index contributed by atoms with van der Waals surface area (Å²) in [7, 11) is 0. The minimum absolute atomic E-state index is 0.409. The van der Waals surface area contributed by atoms with Crippen LogP contribution in [0, 0.1) is 6.92 Å². The number of nitrogens with zero attached hydrogens (tertiary/aromatic N) is 2. The van der Waals surface area contributed by atoms with Crippen LogP contribution in [-0.2, 0) is 4.74 Å². The van der Waals surface area contributed by atoms with Crippen LogP contribution in [0.25, 0.3) is 0 Å². The summed E-state index contributed by atoms with van der Waals surface area (Å²) < 4.78 is 5.55. The molecule has 2 rings (SSSR count).